The molecule has 2 N–H and O–H groups in total. The number of nitrogens with one attached hydrogen (secondary N) is 1. The molecule has 1 fully saturated rings. The van der Waals surface area contributed by atoms with Gasteiger partial charge >= 0.3 is 24.3 Å². The maximum Gasteiger partial charge on any atom is 0.514 e. The zero-order valence-corrected chi connectivity index (χ0v) is 30.4. The maximum absolute atomic E-state index is 16.4. The molecule has 2 unspecified atom stereocenters. The molecule has 2 amide bonds. The number of alkyl halides is 3. The Hall–Kier alpha value is -5.88. The van der Waals surface area contributed by atoms with Crippen LogP contribution in [-0.2, 0) is 35.4 Å². The number of esters is 1. The van der Waals surface area contributed by atoms with Gasteiger partial charge in [0.05, 0.1) is 30.6 Å². The number of carboxylic acid groups (broad SMARTS) is 1. The Labute approximate surface area is 319 Å². The van der Waals surface area contributed by atoms with Crippen LogP contribution in [-0.4, -0.2) is 78.9 Å². The van der Waals surface area contributed by atoms with Crippen molar-refractivity contribution in [1.82, 2.24) is 4.90 Å². The molecule has 0 bridgehead atoms. The lowest BCUT2D eigenvalue weighted by Crippen LogP contribution is -2.49. The number of thiophene rings is 1. The van der Waals surface area contributed by atoms with E-state index in [-0.39, 0.29) is 47.9 Å². The van der Waals surface area contributed by atoms with Gasteiger partial charge in [-0.1, -0.05) is 43.3 Å². The number of hydrogen-bond donors (Lipinski definition) is 2. The summed E-state index contributed by atoms with van der Waals surface area (Å²) >= 11 is 0.846. The molecule has 4 aromatic rings. The van der Waals surface area contributed by atoms with Crippen molar-refractivity contribution < 1.29 is 70.0 Å². The summed E-state index contributed by atoms with van der Waals surface area (Å²) in [5, 5.41) is 14.0. The largest absolute Gasteiger partial charge is 0.514 e. The molecule has 2 heterocycles. The van der Waals surface area contributed by atoms with Gasteiger partial charge < -0.3 is 34.3 Å². The van der Waals surface area contributed by atoms with Gasteiger partial charge in [-0.3, -0.25) is 19.2 Å². The van der Waals surface area contributed by atoms with Crippen LogP contribution in [0.1, 0.15) is 51.4 Å². The Morgan fingerprint density at radius 1 is 0.982 bits per heavy atom. The summed E-state index contributed by atoms with van der Waals surface area (Å²) in [5.74, 6) is -9.90. The molecule has 1 aliphatic rings. The number of ether oxygens (including phenoxy) is 4. The lowest BCUT2D eigenvalue weighted by Gasteiger charge is -2.28. The molecule has 1 aromatic heterocycles. The molecule has 0 aliphatic carbocycles. The number of amides is 2. The molecule has 18 heteroatoms. The molecular weight excluding hydrogens is 771 g/mol. The third-order valence-corrected chi connectivity index (χ3v) is 9.79. The minimum Gasteiger partial charge on any atom is -0.480 e. The number of anilines is 1. The number of carbonyl (C=O) groups excluding carboxylic acids is 4. The Kier molecular flexibility index (Phi) is 12.7. The normalized spacial score (nSPS) is 14.6. The third kappa shape index (κ3) is 8.81. The van der Waals surface area contributed by atoms with Gasteiger partial charge in [-0.2, -0.15) is 13.2 Å². The van der Waals surface area contributed by atoms with Gasteiger partial charge in [-0.15, -0.1) is 11.3 Å². The Morgan fingerprint density at radius 2 is 1.66 bits per heavy atom. The van der Waals surface area contributed by atoms with E-state index in [2.05, 4.69) is 5.32 Å². The molecule has 1 saturated heterocycles. The van der Waals surface area contributed by atoms with Crippen LogP contribution in [0.15, 0.2) is 72.1 Å². The number of benzene rings is 3. The number of carboxylic acids is 1. The van der Waals surface area contributed by atoms with Crippen molar-refractivity contribution >= 4 is 46.9 Å². The number of morpholine rings is 1. The quantitative estimate of drug-likeness (QED) is 0.0644. The van der Waals surface area contributed by atoms with Crippen LogP contribution in [0.5, 0.6) is 5.75 Å². The van der Waals surface area contributed by atoms with E-state index in [1.165, 1.54) is 48.7 Å². The Bertz CT molecular complexity index is 2100. The molecule has 56 heavy (non-hydrogen) atoms. The molecule has 296 valence electrons. The van der Waals surface area contributed by atoms with Crippen LogP contribution in [0.4, 0.5) is 32.4 Å². The standard InChI is InChI=1S/C38H33F5N2O10S/c1-3-21(2)54-35(50)37(34(48)49,28-9-6-18-56-28)20-53-36(51)55-31-26(39)19-27(29(30(31)40)33(47)45-14-16-52-17-15-45)44-32(46)25-8-5-4-7-24(25)22-10-12-23(13-11-22)38(41,42)43/h4-13,18-19,21H,3,14-17,20H2,1-2H3,(H,44,46)(H,48,49). The second-order valence-electron chi connectivity index (χ2n) is 12.4. The van der Waals surface area contributed by atoms with E-state index in [4.69, 9.17) is 18.9 Å². The minimum atomic E-state index is -4.62. The number of carbonyl (C=O) groups is 5. The first-order valence-electron chi connectivity index (χ1n) is 16.9. The first-order chi connectivity index (χ1) is 26.6. The molecule has 1 aliphatic heterocycles. The second-order valence-corrected chi connectivity index (χ2v) is 13.3. The van der Waals surface area contributed by atoms with Gasteiger partial charge in [0.25, 0.3) is 11.8 Å². The highest BCUT2D eigenvalue weighted by atomic mass is 32.1. The molecule has 5 rings (SSSR count). The summed E-state index contributed by atoms with van der Waals surface area (Å²) in [6, 6.07) is 12.9. The van der Waals surface area contributed by atoms with Gasteiger partial charge in [0.15, 0.2) is 11.6 Å². The maximum atomic E-state index is 16.4. The predicted molar refractivity (Wildman–Crippen MR) is 189 cm³/mol. The SMILES string of the molecule is CCC(C)OC(=O)C(COC(=O)Oc1c(F)cc(NC(=O)c2ccccc2-c2ccc(C(F)(F)F)cc2)c(C(=O)N2CCOCC2)c1F)(C(=O)O)c1cccs1. The van der Waals surface area contributed by atoms with Crippen LogP contribution >= 0.6 is 11.3 Å². The van der Waals surface area contributed by atoms with Crippen molar-refractivity contribution in [2.24, 2.45) is 0 Å². The van der Waals surface area contributed by atoms with Crippen LogP contribution in [0.3, 0.4) is 0 Å². The van der Waals surface area contributed by atoms with Crippen molar-refractivity contribution in [1.29, 1.82) is 0 Å². The summed E-state index contributed by atoms with van der Waals surface area (Å²) in [6.45, 7) is 2.02. The number of rotatable bonds is 12. The first-order valence-corrected chi connectivity index (χ1v) is 17.8. The molecule has 3 aromatic carbocycles. The monoisotopic (exact) mass is 804 g/mol. The Balaban J connectivity index is 1.47. The van der Waals surface area contributed by atoms with Crippen molar-refractivity contribution in [3.8, 4) is 16.9 Å². The van der Waals surface area contributed by atoms with Crippen LogP contribution in [0.2, 0.25) is 0 Å². The van der Waals surface area contributed by atoms with Gasteiger partial charge in [-0.25, -0.2) is 13.6 Å². The first kappa shape index (κ1) is 41.3. The molecule has 0 spiro atoms. The van der Waals surface area contributed by atoms with Gasteiger partial charge in [-0.05, 0) is 54.1 Å². The van der Waals surface area contributed by atoms with E-state index in [1.54, 1.807) is 6.92 Å². The van der Waals surface area contributed by atoms with Crippen LogP contribution in [0, 0.1) is 11.6 Å². The molecule has 2 atom stereocenters. The van der Waals surface area contributed by atoms with E-state index in [1.807, 2.05) is 0 Å². The van der Waals surface area contributed by atoms with Crippen LogP contribution in [0.25, 0.3) is 11.1 Å². The van der Waals surface area contributed by atoms with Crippen LogP contribution < -0.4 is 10.1 Å². The molecular formula is C38H33F5N2O10S. The summed E-state index contributed by atoms with van der Waals surface area (Å²) in [4.78, 5) is 67.3. The highest BCUT2D eigenvalue weighted by molar-refractivity contribution is 7.10. The molecule has 0 saturated carbocycles. The van der Waals surface area contributed by atoms with E-state index < -0.39 is 88.4 Å². The van der Waals surface area contributed by atoms with Crippen molar-refractivity contribution in [3.05, 3.63) is 105 Å². The summed E-state index contributed by atoms with van der Waals surface area (Å²) in [7, 11) is 0. The van der Waals surface area contributed by atoms with E-state index >= 15 is 8.78 Å². The topological polar surface area (TPSA) is 158 Å². The number of hydrogen-bond acceptors (Lipinski definition) is 10. The summed E-state index contributed by atoms with van der Waals surface area (Å²) < 4.78 is 92.0. The summed E-state index contributed by atoms with van der Waals surface area (Å²) in [6.07, 6.45) is -6.88. The lowest BCUT2D eigenvalue weighted by molar-refractivity contribution is -0.167. The summed E-state index contributed by atoms with van der Waals surface area (Å²) in [5.41, 5.74) is -4.94. The van der Waals surface area contributed by atoms with E-state index in [0.717, 1.165) is 40.5 Å². The average Bonchev–Trinajstić information content (AvgIpc) is 3.72. The second kappa shape index (κ2) is 17.3. The number of aliphatic carboxylic acids is 1. The van der Waals surface area contributed by atoms with Crippen molar-refractivity contribution in [3.63, 3.8) is 0 Å². The molecule has 12 nitrogen and oxygen atoms in total. The highest BCUT2D eigenvalue weighted by Gasteiger charge is 2.53. The highest BCUT2D eigenvalue weighted by Crippen LogP contribution is 2.36. The minimum absolute atomic E-state index is 0.0369. The van der Waals surface area contributed by atoms with Crippen molar-refractivity contribution in [2.45, 2.75) is 38.0 Å². The number of halogens is 5. The zero-order chi connectivity index (χ0) is 40.8. The fourth-order valence-electron chi connectivity index (χ4n) is 5.54. The third-order valence-electron chi connectivity index (χ3n) is 8.76. The predicted octanol–water partition coefficient (Wildman–Crippen LogP) is 7.32. The smallest absolute Gasteiger partial charge is 0.480 e. The van der Waals surface area contributed by atoms with Crippen molar-refractivity contribution in [2.75, 3.05) is 38.2 Å². The fourth-order valence-corrected chi connectivity index (χ4v) is 6.43. The number of nitrogens with zero attached hydrogens (tertiary/aromatic N) is 1. The van der Waals surface area contributed by atoms with Gasteiger partial charge in [0.2, 0.25) is 11.2 Å². The van der Waals surface area contributed by atoms with E-state index in [9.17, 15) is 42.3 Å². The Morgan fingerprint density at radius 3 is 2.27 bits per heavy atom. The zero-order valence-electron chi connectivity index (χ0n) is 29.6. The lowest BCUT2D eigenvalue weighted by atomic mass is 9.87. The van der Waals surface area contributed by atoms with Gasteiger partial charge in [0.1, 0.15) is 12.2 Å². The fraction of sp³-hybridized carbons (Fsp3) is 0.289. The van der Waals surface area contributed by atoms with E-state index in [0.29, 0.717) is 12.5 Å². The molecule has 0 radical (unpaired) electrons. The average molecular weight is 805 g/mol. The van der Waals surface area contributed by atoms with Gasteiger partial charge in [0, 0.05) is 29.6 Å².